The zero-order valence-corrected chi connectivity index (χ0v) is 12.7. The number of hydrogen-bond donors (Lipinski definition) is 3. The minimum Gasteiger partial charge on any atom is -0.476 e. The Hall–Kier alpha value is -1.71. The number of methoxy groups -OCH3 is 1. The zero-order valence-electron chi connectivity index (χ0n) is 11.9. The van der Waals surface area contributed by atoms with E-state index in [1.54, 1.807) is 6.92 Å². The van der Waals surface area contributed by atoms with E-state index in [-0.39, 0.29) is 24.9 Å². The summed E-state index contributed by atoms with van der Waals surface area (Å²) >= 11 is 1.17. The van der Waals surface area contributed by atoms with Crippen LogP contribution in [-0.4, -0.2) is 65.5 Å². The molecule has 118 valence electrons. The number of thiazole rings is 1. The van der Waals surface area contributed by atoms with E-state index < -0.39 is 12.0 Å². The molecule has 3 N–H and O–H groups in total. The highest BCUT2D eigenvalue weighted by molar-refractivity contribution is 7.09. The number of nitrogens with one attached hydrogen (secondary N) is 1. The highest BCUT2D eigenvalue weighted by atomic mass is 32.1. The molecule has 9 heteroatoms. The third-order valence-corrected chi connectivity index (χ3v) is 3.70. The molecule has 8 nitrogen and oxygen atoms in total. The first kappa shape index (κ1) is 17.3. The van der Waals surface area contributed by atoms with Gasteiger partial charge in [0.1, 0.15) is 5.01 Å². The number of amides is 2. The third-order valence-electron chi connectivity index (χ3n) is 2.67. The van der Waals surface area contributed by atoms with Crippen LogP contribution in [0.3, 0.4) is 0 Å². The summed E-state index contributed by atoms with van der Waals surface area (Å²) in [5.74, 6) is -1.10. The topological polar surface area (TPSA) is 112 Å². The molecule has 21 heavy (non-hydrogen) atoms. The smallest absolute Gasteiger partial charge is 0.355 e. The van der Waals surface area contributed by atoms with Crippen LogP contribution < -0.4 is 5.32 Å². The Morgan fingerprint density at radius 2 is 2.24 bits per heavy atom. The maximum absolute atomic E-state index is 12.1. The number of aromatic nitrogens is 1. The summed E-state index contributed by atoms with van der Waals surface area (Å²) in [6.07, 6.45) is 0. The van der Waals surface area contributed by atoms with Crippen molar-refractivity contribution in [3.8, 4) is 0 Å². The average molecular weight is 317 g/mol. The summed E-state index contributed by atoms with van der Waals surface area (Å²) in [5, 5.41) is 22.4. The van der Waals surface area contributed by atoms with E-state index in [1.807, 2.05) is 0 Å². The van der Waals surface area contributed by atoms with Gasteiger partial charge in [0.2, 0.25) is 0 Å². The van der Waals surface area contributed by atoms with Crippen molar-refractivity contribution in [3.05, 3.63) is 16.1 Å². The lowest BCUT2D eigenvalue weighted by molar-refractivity contribution is 0.0691. The van der Waals surface area contributed by atoms with Crippen LogP contribution in [0.4, 0.5) is 4.79 Å². The van der Waals surface area contributed by atoms with Gasteiger partial charge in [0.05, 0.1) is 19.3 Å². The largest absolute Gasteiger partial charge is 0.476 e. The minimum atomic E-state index is -1.10. The lowest BCUT2D eigenvalue weighted by atomic mass is 10.3. The summed E-state index contributed by atoms with van der Waals surface area (Å²) in [6.45, 7) is 2.48. The molecule has 2 amide bonds. The molecule has 1 aromatic rings. The number of aliphatic hydroxyl groups excluding tert-OH is 1. The summed E-state index contributed by atoms with van der Waals surface area (Å²) in [5.41, 5.74) is -0.0392. The van der Waals surface area contributed by atoms with Crippen LogP contribution in [-0.2, 0) is 4.74 Å². The van der Waals surface area contributed by atoms with Crippen LogP contribution in [0.2, 0.25) is 0 Å². The second-order valence-corrected chi connectivity index (χ2v) is 5.14. The van der Waals surface area contributed by atoms with Gasteiger partial charge in [-0.05, 0) is 6.92 Å². The number of ether oxygens (including phenoxy) is 1. The van der Waals surface area contributed by atoms with Gasteiger partial charge in [-0.25, -0.2) is 14.6 Å². The van der Waals surface area contributed by atoms with E-state index in [2.05, 4.69) is 10.3 Å². The second kappa shape index (κ2) is 8.55. The molecule has 1 unspecified atom stereocenters. The first-order valence-electron chi connectivity index (χ1n) is 6.33. The van der Waals surface area contributed by atoms with Gasteiger partial charge >= 0.3 is 12.0 Å². The van der Waals surface area contributed by atoms with Crippen molar-refractivity contribution in [2.24, 2.45) is 0 Å². The van der Waals surface area contributed by atoms with Gasteiger partial charge in [-0.1, -0.05) is 0 Å². The van der Waals surface area contributed by atoms with Crippen molar-refractivity contribution in [1.29, 1.82) is 0 Å². The van der Waals surface area contributed by atoms with E-state index in [9.17, 15) is 9.59 Å². The number of nitrogens with zero attached hydrogens (tertiary/aromatic N) is 2. The number of carboxylic acid groups (broad SMARTS) is 1. The van der Waals surface area contributed by atoms with Gasteiger partial charge in [-0.15, -0.1) is 11.3 Å². The average Bonchev–Trinajstić information content (AvgIpc) is 2.93. The third kappa shape index (κ3) is 5.29. The number of rotatable bonds is 8. The fraction of sp³-hybridized carbons (Fsp3) is 0.583. The van der Waals surface area contributed by atoms with Gasteiger partial charge in [-0.2, -0.15) is 0 Å². The number of carboxylic acids is 1. The Bertz CT molecular complexity index is 479. The summed E-state index contributed by atoms with van der Waals surface area (Å²) in [7, 11) is 1.53. The number of hydrogen-bond acceptors (Lipinski definition) is 6. The summed E-state index contributed by atoms with van der Waals surface area (Å²) in [4.78, 5) is 28.2. The molecule has 1 aromatic heterocycles. The van der Waals surface area contributed by atoms with Crippen LogP contribution in [0.15, 0.2) is 5.38 Å². The van der Waals surface area contributed by atoms with Gasteiger partial charge in [-0.3, -0.25) is 0 Å². The van der Waals surface area contributed by atoms with Crippen molar-refractivity contribution in [2.75, 3.05) is 33.4 Å². The molecule has 0 saturated carbocycles. The molecule has 1 rings (SSSR count). The molecule has 0 spiro atoms. The van der Waals surface area contributed by atoms with E-state index in [4.69, 9.17) is 14.9 Å². The number of urea groups is 1. The molecule has 0 aliphatic heterocycles. The Labute approximate surface area is 126 Å². The molecule has 0 aliphatic carbocycles. The van der Waals surface area contributed by atoms with Gasteiger partial charge in [0.25, 0.3) is 0 Å². The Morgan fingerprint density at radius 3 is 2.76 bits per heavy atom. The van der Waals surface area contributed by atoms with Crippen LogP contribution in [0, 0.1) is 0 Å². The normalized spacial score (nSPS) is 12.0. The molecule has 0 aliphatic rings. The highest BCUT2D eigenvalue weighted by Crippen LogP contribution is 2.18. The summed E-state index contributed by atoms with van der Waals surface area (Å²) in [6, 6.07) is -0.778. The fourth-order valence-corrected chi connectivity index (χ4v) is 2.36. The number of aromatic carboxylic acids is 1. The molecule has 0 fully saturated rings. The highest BCUT2D eigenvalue weighted by Gasteiger charge is 2.19. The molecule has 1 atom stereocenters. The van der Waals surface area contributed by atoms with Crippen molar-refractivity contribution in [2.45, 2.75) is 13.0 Å². The monoisotopic (exact) mass is 317 g/mol. The molecule has 0 saturated heterocycles. The summed E-state index contributed by atoms with van der Waals surface area (Å²) < 4.78 is 4.91. The first-order valence-corrected chi connectivity index (χ1v) is 7.21. The number of aliphatic hydroxyl groups is 1. The van der Waals surface area contributed by atoms with E-state index >= 15 is 0 Å². The van der Waals surface area contributed by atoms with Crippen LogP contribution in [0.1, 0.15) is 28.5 Å². The van der Waals surface area contributed by atoms with E-state index in [1.165, 1.54) is 28.7 Å². The van der Waals surface area contributed by atoms with E-state index in [0.29, 0.717) is 18.2 Å². The quantitative estimate of drug-likeness (QED) is 0.645. The van der Waals surface area contributed by atoms with Gasteiger partial charge in [0.15, 0.2) is 5.69 Å². The van der Waals surface area contributed by atoms with Gasteiger partial charge in [0, 0.05) is 25.6 Å². The van der Waals surface area contributed by atoms with Crippen molar-refractivity contribution in [1.82, 2.24) is 15.2 Å². The Kier molecular flexibility index (Phi) is 7.06. The predicted octanol–water partition coefficient (Wildman–Crippen LogP) is 0.553. The number of carbonyl (C=O) groups is 2. The lowest BCUT2D eigenvalue weighted by Crippen LogP contribution is -2.44. The molecular formula is C12H19N3O5S. The zero-order chi connectivity index (χ0) is 15.8. The first-order chi connectivity index (χ1) is 9.99. The molecular weight excluding hydrogens is 298 g/mol. The molecule has 0 aromatic carbocycles. The second-order valence-electron chi connectivity index (χ2n) is 4.25. The van der Waals surface area contributed by atoms with E-state index in [0.717, 1.165) is 0 Å². The Balaban J connectivity index is 2.63. The van der Waals surface area contributed by atoms with Crippen LogP contribution in [0.25, 0.3) is 0 Å². The lowest BCUT2D eigenvalue weighted by Gasteiger charge is -2.23. The number of carbonyl (C=O) groups excluding carboxylic acids is 1. The van der Waals surface area contributed by atoms with Crippen molar-refractivity contribution in [3.63, 3.8) is 0 Å². The molecule has 0 radical (unpaired) electrons. The van der Waals surface area contributed by atoms with Crippen molar-refractivity contribution >= 4 is 23.3 Å². The van der Waals surface area contributed by atoms with Crippen LogP contribution >= 0.6 is 11.3 Å². The maximum atomic E-state index is 12.1. The standard InChI is InChI=1S/C12H19N3O5S/c1-8(10-14-9(7-21-10)11(17)18)13-12(19)15(3-5-16)4-6-20-2/h7-8,16H,3-6H2,1-2H3,(H,13,19)(H,17,18). The van der Waals surface area contributed by atoms with Gasteiger partial charge < -0.3 is 25.2 Å². The SMILES string of the molecule is COCCN(CCO)C(=O)NC(C)c1nc(C(=O)O)cs1. The van der Waals surface area contributed by atoms with Crippen molar-refractivity contribution < 1.29 is 24.5 Å². The minimum absolute atomic E-state index is 0.0392. The maximum Gasteiger partial charge on any atom is 0.355 e. The fourth-order valence-electron chi connectivity index (χ4n) is 1.56. The molecule has 0 bridgehead atoms. The predicted molar refractivity (Wildman–Crippen MR) is 76.6 cm³/mol. The van der Waals surface area contributed by atoms with Crippen LogP contribution in [0.5, 0.6) is 0 Å². The Morgan fingerprint density at radius 1 is 1.52 bits per heavy atom. The molecule has 1 heterocycles.